The molecule has 1 N–H and O–H groups in total. The van der Waals surface area contributed by atoms with Gasteiger partial charge < -0.3 is 9.84 Å². The predicted octanol–water partition coefficient (Wildman–Crippen LogP) is 1.59. The van der Waals surface area contributed by atoms with E-state index in [1.807, 2.05) is 0 Å². The number of benzene rings is 1. The number of rotatable bonds is 4. The zero-order chi connectivity index (χ0) is 11.8. The Morgan fingerprint density at radius 1 is 1.44 bits per heavy atom. The number of carboxylic acid groups (broad SMARTS) is 1. The Morgan fingerprint density at radius 3 is 2.56 bits per heavy atom. The normalized spacial score (nSPS) is 16.5. The van der Waals surface area contributed by atoms with Gasteiger partial charge in [0.2, 0.25) is 5.60 Å². The maximum absolute atomic E-state index is 10.9. The molecule has 1 saturated carbocycles. The van der Waals surface area contributed by atoms with Crippen LogP contribution in [0.1, 0.15) is 12.8 Å². The van der Waals surface area contributed by atoms with Crippen molar-refractivity contribution in [2.24, 2.45) is 0 Å². The quantitative estimate of drug-likeness (QED) is 0.618. The second-order valence-electron chi connectivity index (χ2n) is 3.63. The number of nitro groups is 1. The minimum atomic E-state index is -1.26. The minimum absolute atomic E-state index is 0.00685. The Balaban J connectivity index is 2.28. The van der Waals surface area contributed by atoms with E-state index in [9.17, 15) is 14.9 Å². The summed E-state index contributed by atoms with van der Waals surface area (Å²) < 4.78 is 5.23. The topological polar surface area (TPSA) is 89.7 Å². The van der Waals surface area contributed by atoms with Crippen LogP contribution in [-0.4, -0.2) is 21.6 Å². The first-order valence-electron chi connectivity index (χ1n) is 4.71. The number of hydrogen-bond acceptors (Lipinski definition) is 4. The molecule has 1 aromatic rings. The molecule has 1 fully saturated rings. The molecule has 6 heteroatoms. The van der Waals surface area contributed by atoms with Gasteiger partial charge in [0.1, 0.15) is 0 Å². The zero-order valence-electron chi connectivity index (χ0n) is 8.25. The molecule has 0 saturated heterocycles. The first-order valence-corrected chi connectivity index (χ1v) is 4.71. The molecule has 2 rings (SSSR count). The number of carboxylic acids is 1. The van der Waals surface area contributed by atoms with E-state index in [2.05, 4.69) is 0 Å². The first kappa shape index (κ1) is 10.4. The molecule has 1 aliphatic rings. The highest BCUT2D eigenvalue weighted by Gasteiger charge is 2.54. The summed E-state index contributed by atoms with van der Waals surface area (Å²) in [7, 11) is 0. The van der Waals surface area contributed by atoms with Crippen LogP contribution >= 0.6 is 0 Å². The summed E-state index contributed by atoms with van der Waals surface area (Å²) in [5.74, 6) is -1.07. The number of nitrogens with zero attached hydrogens (tertiary/aromatic N) is 1. The molecule has 1 aromatic carbocycles. The zero-order valence-corrected chi connectivity index (χ0v) is 8.25. The number of ether oxygens (including phenoxy) is 1. The minimum Gasteiger partial charge on any atom is -0.478 e. The molecule has 0 unspecified atom stereocenters. The Kier molecular flexibility index (Phi) is 2.26. The van der Waals surface area contributed by atoms with Crippen LogP contribution in [0.5, 0.6) is 5.75 Å². The van der Waals surface area contributed by atoms with Gasteiger partial charge in [-0.05, 0) is 6.07 Å². The largest absolute Gasteiger partial charge is 0.478 e. The van der Waals surface area contributed by atoms with E-state index in [1.54, 1.807) is 6.07 Å². The van der Waals surface area contributed by atoms with Gasteiger partial charge in [0.05, 0.1) is 4.92 Å². The Morgan fingerprint density at radius 2 is 2.06 bits per heavy atom. The van der Waals surface area contributed by atoms with Gasteiger partial charge in [0.25, 0.3) is 0 Å². The molecule has 0 aliphatic heterocycles. The molecule has 0 radical (unpaired) electrons. The van der Waals surface area contributed by atoms with Crippen LogP contribution in [0.4, 0.5) is 5.69 Å². The molecular formula is C10H9NO5. The molecule has 0 aromatic heterocycles. The average molecular weight is 223 g/mol. The fourth-order valence-electron chi connectivity index (χ4n) is 1.38. The smallest absolute Gasteiger partial charge is 0.348 e. The van der Waals surface area contributed by atoms with Crippen molar-refractivity contribution < 1.29 is 19.6 Å². The lowest BCUT2D eigenvalue weighted by atomic mass is 10.3. The molecule has 1 aliphatic carbocycles. The lowest BCUT2D eigenvalue weighted by molar-refractivity contribution is -0.386. The lowest BCUT2D eigenvalue weighted by Gasteiger charge is -2.12. The second-order valence-corrected chi connectivity index (χ2v) is 3.63. The summed E-state index contributed by atoms with van der Waals surface area (Å²) in [5.41, 5.74) is -1.47. The Bertz CT molecular complexity index is 452. The third-order valence-corrected chi connectivity index (χ3v) is 2.46. The van der Waals surface area contributed by atoms with E-state index in [1.165, 1.54) is 18.2 Å². The standard InChI is InChI=1S/C10H9NO5/c12-9(13)10(5-6-10)16-8-4-2-1-3-7(8)11(14)15/h1-4H,5-6H2,(H,12,13). The summed E-state index contributed by atoms with van der Waals surface area (Å²) in [6, 6.07) is 5.76. The number of nitro benzene ring substituents is 1. The van der Waals surface area contributed by atoms with Crippen molar-refractivity contribution in [2.45, 2.75) is 18.4 Å². The van der Waals surface area contributed by atoms with Gasteiger partial charge in [0, 0.05) is 18.9 Å². The van der Waals surface area contributed by atoms with Crippen molar-refractivity contribution in [2.75, 3.05) is 0 Å². The molecule has 0 atom stereocenters. The maximum atomic E-state index is 10.9. The van der Waals surface area contributed by atoms with Gasteiger partial charge in [-0.2, -0.15) is 0 Å². The van der Waals surface area contributed by atoms with E-state index in [4.69, 9.17) is 9.84 Å². The van der Waals surface area contributed by atoms with Gasteiger partial charge in [-0.3, -0.25) is 10.1 Å². The molecular weight excluding hydrogens is 214 g/mol. The monoisotopic (exact) mass is 223 g/mol. The third-order valence-electron chi connectivity index (χ3n) is 2.46. The molecule has 84 valence electrons. The van der Waals surface area contributed by atoms with Gasteiger partial charge in [-0.25, -0.2) is 4.79 Å². The SMILES string of the molecule is O=C(O)C1(Oc2ccccc2[N+](=O)[O-])CC1. The molecule has 6 nitrogen and oxygen atoms in total. The summed E-state index contributed by atoms with van der Waals surface area (Å²) in [6.45, 7) is 0. The van der Waals surface area contributed by atoms with Crippen LogP contribution in [0.2, 0.25) is 0 Å². The van der Waals surface area contributed by atoms with Crippen LogP contribution in [0, 0.1) is 10.1 Å². The predicted molar refractivity (Wildman–Crippen MR) is 53.3 cm³/mol. The summed E-state index contributed by atoms with van der Waals surface area (Å²) in [6.07, 6.45) is 0.767. The summed E-state index contributed by atoms with van der Waals surface area (Å²) in [5, 5.41) is 19.6. The molecule has 0 amide bonds. The fourth-order valence-corrected chi connectivity index (χ4v) is 1.38. The highest BCUT2D eigenvalue weighted by molar-refractivity contribution is 5.81. The van der Waals surface area contributed by atoms with Crippen LogP contribution < -0.4 is 4.74 Å². The van der Waals surface area contributed by atoms with Crippen LogP contribution in [0.25, 0.3) is 0 Å². The summed E-state index contributed by atoms with van der Waals surface area (Å²) >= 11 is 0. The van der Waals surface area contributed by atoms with Crippen molar-refractivity contribution >= 4 is 11.7 Å². The van der Waals surface area contributed by atoms with Crippen molar-refractivity contribution in [1.82, 2.24) is 0 Å². The number of aliphatic carboxylic acids is 1. The third kappa shape index (κ3) is 1.69. The number of para-hydroxylation sites is 2. The van der Waals surface area contributed by atoms with Crippen LogP contribution in [0.15, 0.2) is 24.3 Å². The van der Waals surface area contributed by atoms with Crippen LogP contribution in [0.3, 0.4) is 0 Å². The molecule has 16 heavy (non-hydrogen) atoms. The van der Waals surface area contributed by atoms with E-state index in [-0.39, 0.29) is 11.4 Å². The second kappa shape index (κ2) is 3.48. The Hall–Kier alpha value is -2.11. The average Bonchev–Trinajstić information content (AvgIpc) is 2.99. The lowest BCUT2D eigenvalue weighted by Crippen LogP contribution is -2.29. The maximum Gasteiger partial charge on any atom is 0.348 e. The van der Waals surface area contributed by atoms with Gasteiger partial charge in [0.15, 0.2) is 5.75 Å². The molecule has 0 spiro atoms. The van der Waals surface area contributed by atoms with Crippen LogP contribution in [-0.2, 0) is 4.79 Å². The Labute approximate surface area is 90.6 Å². The number of hydrogen-bond donors (Lipinski definition) is 1. The van der Waals surface area contributed by atoms with Crippen molar-refractivity contribution in [3.05, 3.63) is 34.4 Å². The van der Waals surface area contributed by atoms with Crippen molar-refractivity contribution in [3.63, 3.8) is 0 Å². The van der Waals surface area contributed by atoms with E-state index in [0.29, 0.717) is 12.8 Å². The molecule has 0 heterocycles. The highest BCUT2D eigenvalue weighted by Crippen LogP contribution is 2.42. The summed E-state index contributed by atoms with van der Waals surface area (Å²) in [4.78, 5) is 21.0. The van der Waals surface area contributed by atoms with E-state index < -0.39 is 16.5 Å². The first-order chi connectivity index (χ1) is 7.55. The molecule has 0 bridgehead atoms. The fraction of sp³-hybridized carbons (Fsp3) is 0.300. The van der Waals surface area contributed by atoms with Crippen molar-refractivity contribution in [1.29, 1.82) is 0 Å². The van der Waals surface area contributed by atoms with E-state index in [0.717, 1.165) is 0 Å². The highest BCUT2D eigenvalue weighted by atomic mass is 16.6. The van der Waals surface area contributed by atoms with Crippen molar-refractivity contribution in [3.8, 4) is 5.75 Å². The van der Waals surface area contributed by atoms with E-state index >= 15 is 0 Å². The van der Waals surface area contributed by atoms with Gasteiger partial charge in [-0.1, -0.05) is 12.1 Å². The van der Waals surface area contributed by atoms with Gasteiger partial charge in [-0.15, -0.1) is 0 Å². The number of carbonyl (C=O) groups is 1. The van der Waals surface area contributed by atoms with Gasteiger partial charge >= 0.3 is 11.7 Å².